The summed E-state index contributed by atoms with van der Waals surface area (Å²) < 4.78 is 24.9. The van der Waals surface area contributed by atoms with Crippen molar-refractivity contribution < 1.29 is 18.7 Å². The highest BCUT2D eigenvalue weighted by molar-refractivity contribution is 5.65. The number of alkyl halides is 2. The van der Waals surface area contributed by atoms with Crippen molar-refractivity contribution >= 4 is 6.09 Å². The quantitative estimate of drug-likeness (QED) is 0.801. The van der Waals surface area contributed by atoms with Crippen molar-refractivity contribution in [3.63, 3.8) is 0 Å². The highest BCUT2D eigenvalue weighted by Crippen LogP contribution is 2.25. The van der Waals surface area contributed by atoms with Gasteiger partial charge in [-0.2, -0.15) is 0 Å². The third kappa shape index (κ3) is 1.98. The second-order valence-electron chi connectivity index (χ2n) is 3.78. The van der Waals surface area contributed by atoms with Crippen molar-refractivity contribution in [3.05, 3.63) is 34.9 Å². The number of nitrogens with zero attached hydrogens (tertiary/aromatic N) is 1. The van der Waals surface area contributed by atoms with E-state index in [0.29, 0.717) is 18.5 Å². The van der Waals surface area contributed by atoms with Gasteiger partial charge in [-0.15, -0.1) is 0 Å². The third-order valence-electron chi connectivity index (χ3n) is 2.77. The van der Waals surface area contributed by atoms with Crippen LogP contribution in [0.5, 0.6) is 0 Å². The summed E-state index contributed by atoms with van der Waals surface area (Å²) in [4.78, 5) is 12.0. The molecule has 1 aromatic carbocycles. The van der Waals surface area contributed by atoms with Gasteiger partial charge in [-0.05, 0) is 23.6 Å². The van der Waals surface area contributed by atoms with E-state index in [0.717, 1.165) is 5.56 Å². The summed E-state index contributed by atoms with van der Waals surface area (Å²) in [5.41, 5.74) is 1.60. The van der Waals surface area contributed by atoms with Crippen LogP contribution in [0.4, 0.5) is 13.6 Å². The maximum atomic E-state index is 12.5. The standard InChI is InChI=1S/C11H11F2NO2/c12-10(13)8-2-1-7-3-4-14(11(15)16)6-9(7)5-8/h1-2,5,10H,3-4,6H2,(H,15,16). The molecule has 5 heteroatoms. The lowest BCUT2D eigenvalue weighted by Gasteiger charge is -2.26. The van der Waals surface area contributed by atoms with Crippen molar-refractivity contribution in [1.82, 2.24) is 4.90 Å². The molecule has 0 saturated heterocycles. The average molecular weight is 227 g/mol. The number of carboxylic acid groups (broad SMARTS) is 1. The summed E-state index contributed by atoms with van der Waals surface area (Å²) >= 11 is 0. The topological polar surface area (TPSA) is 40.5 Å². The molecule has 0 radical (unpaired) electrons. The molecule has 0 saturated carbocycles. The molecule has 16 heavy (non-hydrogen) atoms. The van der Waals surface area contributed by atoms with Crippen LogP contribution in [-0.4, -0.2) is 22.6 Å². The molecule has 1 heterocycles. The Hall–Kier alpha value is -1.65. The van der Waals surface area contributed by atoms with Crippen molar-refractivity contribution in [3.8, 4) is 0 Å². The van der Waals surface area contributed by atoms with Crippen LogP contribution in [0.1, 0.15) is 23.1 Å². The number of carbonyl (C=O) groups is 1. The van der Waals surface area contributed by atoms with Gasteiger partial charge in [-0.3, -0.25) is 0 Å². The molecule has 0 fully saturated rings. The number of rotatable bonds is 1. The lowest BCUT2D eigenvalue weighted by atomic mass is 9.98. The Labute approximate surface area is 91.3 Å². The lowest BCUT2D eigenvalue weighted by Crippen LogP contribution is -2.34. The second kappa shape index (κ2) is 4.08. The predicted molar refractivity (Wildman–Crippen MR) is 53.5 cm³/mol. The second-order valence-corrected chi connectivity index (χ2v) is 3.78. The van der Waals surface area contributed by atoms with Gasteiger partial charge in [0.2, 0.25) is 0 Å². The largest absolute Gasteiger partial charge is 0.465 e. The van der Waals surface area contributed by atoms with Gasteiger partial charge in [0.05, 0.1) is 0 Å². The number of fused-ring (bicyclic) bond motifs is 1. The van der Waals surface area contributed by atoms with Gasteiger partial charge in [-0.1, -0.05) is 12.1 Å². The Morgan fingerprint density at radius 2 is 2.12 bits per heavy atom. The molecule has 3 nitrogen and oxygen atoms in total. The molecule has 1 aliphatic heterocycles. The molecule has 0 spiro atoms. The number of halogens is 2. The van der Waals surface area contributed by atoms with Crippen molar-refractivity contribution in [2.24, 2.45) is 0 Å². The van der Waals surface area contributed by atoms with Crippen LogP contribution < -0.4 is 0 Å². The summed E-state index contributed by atoms with van der Waals surface area (Å²) in [6, 6.07) is 4.46. The zero-order chi connectivity index (χ0) is 11.7. The van der Waals surface area contributed by atoms with E-state index in [4.69, 9.17) is 5.11 Å². The van der Waals surface area contributed by atoms with Crippen molar-refractivity contribution in [2.45, 2.75) is 19.4 Å². The van der Waals surface area contributed by atoms with E-state index in [1.807, 2.05) is 0 Å². The minimum Gasteiger partial charge on any atom is -0.465 e. The zero-order valence-electron chi connectivity index (χ0n) is 8.49. The van der Waals surface area contributed by atoms with E-state index >= 15 is 0 Å². The van der Waals surface area contributed by atoms with E-state index < -0.39 is 12.5 Å². The average Bonchev–Trinajstić information content (AvgIpc) is 2.27. The van der Waals surface area contributed by atoms with Gasteiger partial charge in [0, 0.05) is 18.7 Å². The van der Waals surface area contributed by atoms with Gasteiger partial charge in [0.25, 0.3) is 6.43 Å². The SMILES string of the molecule is O=C(O)N1CCc2ccc(C(F)F)cc2C1. The number of hydrogen-bond acceptors (Lipinski definition) is 1. The maximum absolute atomic E-state index is 12.5. The van der Waals surface area contributed by atoms with Crippen LogP contribution in [0, 0.1) is 0 Å². The summed E-state index contributed by atoms with van der Waals surface area (Å²) in [5.74, 6) is 0. The van der Waals surface area contributed by atoms with Crippen LogP contribution in [0.3, 0.4) is 0 Å². The number of amides is 1. The molecule has 0 bridgehead atoms. The fourth-order valence-corrected chi connectivity index (χ4v) is 1.88. The zero-order valence-corrected chi connectivity index (χ0v) is 8.49. The monoisotopic (exact) mass is 227 g/mol. The molecular weight excluding hydrogens is 216 g/mol. The van der Waals surface area contributed by atoms with Crippen LogP contribution in [0.2, 0.25) is 0 Å². The lowest BCUT2D eigenvalue weighted by molar-refractivity contribution is 0.139. The first-order valence-electron chi connectivity index (χ1n) is 4.95. The van der Waals surface area contributed by atoms with E-state index in [1.54, 1.807) is 6.07 Å². The summed E-state index contributed by atoms with van der Waals surface area (Å²) in [6.07, 6.45) is -2.93. The Bertz CT molecular complexity index is 420. The van der Waals surface area contributed by atoms with Crippen LogP contribution >= 0.6 is 0 Å². The number of hydrogen-bond donors (Lipinski definition) is 1. The Morgan fingerprint density at radius 3 is 2.75 bits per heavy atom. The first kappa shape index (κ1) is 10.9. The van der Waals surface area contributed by atoms with Gasteiger partial charge in [-0.25, -0.2) is 13.6 Å². The van der Waals surface area contributed by atoms with Crippen molar-refractivity contribution in [2.75, 3.05) is 6.54 Å². The normalized spacial score (nSPS) is 15.1. The Morgan fingerprint density at radius 1 is 1.38 bits per heavy atom. The highest BCUT2D eigenvalue weighted by atomic mass is 19.3. The Balaban J connectivity index is 2.28. The van der Waals surface area contributed by atoms with Gasteiger partial charge in [0.15, 0.2) is 0 Å². The Kier molecular flexibility index (Phi) is 2.77. The van der Waals surface area contributed by atoms with E-state index in [2.05, 4.69) is 0 Å². The summed E-state index contributed by atoms with van der Waals surface area (Å²) in [6.45, 7) is 0.627. The summed E-state index contributed by atoms with van der Waals surface area (Å²) in [5, 5.41) is 8.82. The highest BCUT2D eigenvalue weighted by Gasteiger charge is 2.21. The molecule has 1 amide bonds. The first-order chi connectivity index (χ1) is 7.58. The molecule has 0 aliphatic carbocycles. The van der Waals surface area contributed by atoms with E-state index in [-0.39, 0.29) is 12.1 Å². The fraction of sp³-hybridized carbons (Fsp3) is 0.364. The first-order valence-corrected chi connectivity index (χ1v) is 4.95. The maximum Gasteiger partial charge on any atom is 0.407 e. The van der Waals surface area contributed by atoms with E-state index in [1.165, 1.54) is 17.0 Å². The predicted octanol–water partition coefficient (Wildman–Crippen LogP) is 2.66. The van der Waals surface area contributed by atoms with Crippen LogP contribution in [0.15, 0.2) is 18.2 Å². The number of benzene rings is 1. The molecule has 2 rings (SSSR count). The molecular formula is C11H11F2NO2. The van der Waals surface area contributed by atoms with Crippen LogP contribution in [-0.2, 0) is 13.0 Å². The molecule has 0 aromatic heterocycles. The van der Waals surface area contributed by atoms with Crippen molar-refractivity contribution in [1.29, 1.82) is 0 Å². The molecule has 1 aliphatic rings. The minimum absolute atomic E-state index is 0.0500. The van der Waals surface area contributed by atoms with Gasteiger partial charge >= 0.3 is 6.09 Å². The molecule has 86 valence electrons. The minimum atomic E-state index is -2.51. The smallest absolute Gasteiger partial charge is 0.407 e. The summed E-state index contributed by atoms with van der Waals surface area (Å²) in [7, 11) is 0. The van der Waals surface area contributed by atoms with Gasteiger partial charge < -0.3 is 10.0 Å². The third-order valence-corrected chi connectivity index (χ3v) is 2.77. The fourth-order valence-electron chi connectivity index (χ4n) is 1.88. The molecule has 1 aromatic rings. The molecule has 0 atom stereocenters. The molecule has 1 N–H and O–H groups in total. The molecule has 0 unspecified atom stereocenters. The van der Waals surface area contributed by atoms with Crippen LogP contribution in [0.25, 0.3) is 0 Å². The van der Waals surface area contributed by atoms with E-state index in [9.17, 15) is 13.6 Å². The van der Waals surface area contributed by atoms with Gasteiger partial charge in [0.1, 0.15) is 0 Å².